The van der Waals surface area contributed by atoms with E-state index in [1.807, 2.05) is 13.8 Å². The number of carboxylic acids is 1. The first kappa shape index (κ1) is 31.9. The van der Waals surface area contributed by atoms with Gasteiger partial charge < -0.3 is 30.7 Å². The minimum Gasteiger partial charge on any atom is -0.480 e. The Labute approximate surface area is 240 Å². The van der Waals surface area contributed by atoms with Gasteiger partial charge in [0.2, 0.25) is 11.8 Å². The van der Waals surface area contributed by atoms with Gasteiger partial charge in [0, 0.05) is 37.3 Å². The van der Waals surface area contributed by atoms with Gasteiger partial charge in [0.05, 0.1) is 12.5 Å². The number of piperidine rings is 2. The lowest BCUT2D eigenvalue weighted by Crippen LogP contribution is -2.51. The summed E-state index contributed by atoms with van der Waals surface area (Å²) < 4.78 is 5.05. The third-order valence-corrected chi connectivity index (χ3v) is 7.40. The molecular formula is C29H43N5O7. The number of carboxylic acid groups (broad SMARTS) is 1. The van der Waals surface area contributed by atoms with Crippen LogP contribution in [0.15, 0.2) is 24.3 Å². The van der Waals surface area contributed by atoms with Crippen LogP contribution in [0, 0.1) is 17.8 Å². The van der Waals surface area contributed by atoms with E-state index in [2.05, 4.69) is 21.3 Å². The molecule has 1 aromatic carbocycles. The van der Waals surface area contributed by atoms with Crippen LogP contribution in [0.5, 0.6) is 0 Å². The van der Waals surface area contributed by atoms with Crippen molar-refractivity contribution < 1.29 is 33.8 Å². The summed E-state index contributed by atoms with van der Waals surface area (Å²) in [6.45, 7) is 6.73. The lowest BCUT2D eigenvalue weighted by molar-refractivity contribution is -0.139. The number of hydrogen-bond acceptors (Lipinski definition) is 7. The molecule has 0 aliphatic carbocycles. The van der Waals surface area contributed by atoms with Crippen molar-refractivity contribution in [3.8, 4) is 0 Å². The molecule has 12 nitrogen and oxygen atoms in total. The van der Waals surface area contributed by atoms with Crippen molar-refractivity contribution in [3.05, 3.63) is 29.8 Å². The second kappa shape index (κ2) is 15.9. The molecule has 2 heterocycles. The summed E-state index contributed by atoms with van der Waals surface area (Å²) in [4.78, 5) is 63.6. The van der Waals surface area contributed by atoms with Crippen LogP contribution in [0.2, 0.25) is 0 Å². The fourth-order valence-corrected chi connectivity index (χ4v) is 4.96. The molecule has 2 fully saturated rings. The average Bonchev–Trinajstić information content (AvgIpc) is 2.97. The molecule has 12 heteroatoms. The minimum atomic E-state index is -1.35. The number of carbonyl (C=O) groups is 5. The van der Waals surface area contributed by atoms with Crippen LogP contribution in [-0.2, 0) is 19.1 Å². The Kier molecular flexibility index (Phi) is 12.4. The number of benzene rings is 1. The first-order valence-electron chi connectivity index (χ1n) is 14.5. The molecule has 4 amide bonds. The summed E-state index contributed by atoms with van der Waals surface area (Å²) >= 11 is 0. The van der Waals surface area contributed by atoms with Crippen molar-refractivity contribution in [3.63, 3.8) is 0 Å². The lowest BCUT2D eigenvalue weighted by Gasteiger charge is -2.33. The van der Waals surface area contributed by atoms with Crippen LogP contribution >= 0.6 is 0 Å². The van der Waals surface area contributed by atoms with Gasteiger partial charge in [-0.05, 0) is 81.3 Å². The predicted molar refractivity (Wildman–Crippen MR) is 152 cm³/mol. The first-order chi connectivity index (χ1) is 19.6. The van der Waals surface area contributed by atoms with Crippen molar-refractivity contribution in [2.24, 2.45) is 17.8 Å². The highest BCUT2D eigenvalue weighted by molar-refractivity contribution is 5.97. The highest BCUT2D eigenvalue weighted by Gasteiger charge is 2.30. The van der Waals surface area contributed by atoms with Gasteiger partial charge in [-0.15, -0.1) is 0 Å². The normalized spacial score (nSPS) is 18.3. The number of nitrogens with one attached hydrogen (secondary N) is 4. The van der Waals surface area contributed by atoms with Gasteiger partial charge in [-0.25, -0.2) is 9.59 Å². The quantitative estimate of drug-likeness (QED) is 0.254. The van der Waals surface area contributed by atoms with E-state index in [-0.39, 0.29) is 36.4 Å². The van der Waals surface area contributed by atoms with E-state index in [9.17, 15) is 29.1 Å². The number of aliphatic carboxylic acids is 1. The average molecular weight is 574 g/mol. The Morgan fingerprint density at radius 3 is 2.44 bits per heavy atom. The van der Waals surface area contributed by atoms with Gasteiger partial charge in [-0.1, -0.05) is 13.8 Å². The molecule has 2 aliphatic rings. The number of ether oxygens (including phenoxy) is 1. The molecule has 2 atom stereocenters. The van der Waals surface area contributed by atoms with Gasteiger partial charge >= 0.3 is 12.1 Å². The van der Waals surface area contributed by atoms with Crippen LogP contribution in [-0.4, -0.2) is 85.2 Å². The Hall–Kier alpha value is -3.67. The smallest absolute Gasteiger partial charge is 0.411 e. The molecule has 226 valence electrons. The highest BCUT2D eigenvalue weighted by Crippen LogP contribution is 2.21. The number of hydrogen-bond donors (Lipinski definition) is 5. The molecule has 0 saturated carbocycles. The summed E-state index contributed by atoms with van der Waals surface area (Å²) in [6.07, 6.45) is 4.20. The number of rotatable bonds is 12. The van der Waals surface area contributed by atoms with Crippen LogP contribution < -0.4 is 21.3 Å². The number of amides is 4. The fourth-order valence-electron chi connectivity index (χ4n) is 4.96. The molecule has 3 rings (SSSR count). The van der Waals surface area contributed by atoms with Gasteiger partial charge in [-0.2, -0.15) is 0 Å². The number of carbonyl (C=O) groups excluding carboxylic acids is 4. The van der Waals surface area contributed by atoms with E-state index < -0.39 is 29.9 Å². The second-order valence-corrected chi connectivity index (χ2v) is 11.2. The molecule has 0 radical (unpaired) electrons. The second-order valence-electron chi connectivity index (χ2n) is 11.2. The van der Waals surface area contributed by atoms with E-state index in [0.29, 0.717) is 44.0 Å². The molecule has 0 spiro atoms. The van der Waals surface area contributed by atoms with E-state index in [4.69, 9.17) is 4.74 Å². The lowest BCUT2D eigenvalue weighted by atomic mass is 9.92. The number of anilines is 1. The zero-order valence-electron chi connectivity index (χ0n) is 23.9. The summed E-state index contributed by atoms with van der Waals surface area (Å²) in [5.74, 6) is -1.87. The molecule has 0 aromatic heterocycles. The van der Waals surface area contributed by atoms with Crippen LogP contribution in [0.3, 0.4) is 0 Å². The molecule has 2 saturated heterocycles. The summed E-state index contributed by atoms with van der Waals surface area (Å²) in [6, 6.07) is 4.56. The summed E-state index contributed by atoms with van der Waals surface area (Å²) in [7, 11) is 0. The van der Waals surface area contributed by atoms with Crippen LogP contribution in [0.4, 0.5) is 10.5 Å². The largest absolute Gasteiger partial charge is 0.480 e. The third kappa shape index (κ3) is 10.7. The molecule has 1 aromatic rings. The van der Waals surface area contributed by atoms with Crippen molar-refractivity contribution in [1.29, 1.82) is 0 Å². The van der Waals surface area contributed by atoms with Crippen molar-refractivity contribution in [1.82, 2.24) is 20.9 Å². The predicted octanol–water partition coefficient (Wildman–Crippen LogP) is 2.21. The topological polar surface area (TPSA) is 166 Å². The number of nitrogens with zero attached hydrogens (tertiary/aromatic N) is 1. The van der Waals surface area contributed by atoms with E-state index in [0.717, 1.165) is 32.4 Å². The highest BCUT2D eigenvalue weighted by atomic mass is 16.5. The maximum absolute atomic E-state index is 12.9. The van der Waals surface area contributed by atoms with Crippen LogP contribution in [0.1, 0.15) is 62.7 Å². The maximum Gasteiger partial charge on any atom is 0.411 e. The Morgan fingerprint density at radius 2 is 1.78 bits per heavy atom. The summed E-state index contributed by atoms with van der Waals surface area (Å²) in [5, 5.41) is 20.6. The maximum atomic E-state index is 12.9. The zero-order chi connectivity index (χ0) is 29.8. The Morgan fingerprint density at radius 1 is 1.07 bits per heavy atom. The SMILES string of the molecule is CC(C)COC(=O)Nc1ccc(C(=O)N[C@H](CNC(=O)[C@@H]2CCCN(C(=O)CCC3CCNCC3)C2)C(=O)O)cc1. The molecule has 0 unspecified atom stereocenters. The van der Waals surface area contributed by atoms with E-state index in [1.54, 1.807) is 4.90 Å². The monoisotopic (exact) mass is 573 g/mol. The minimum absolute atomic E-state index is 0.0605. The molecule has 0 bridgehead atoms. The summed E-state index contributed by atoms with van der Waals surface area (Å²) in [5.41, 5.74) is 0.609. The number of likely N-dealkylation sites (tertiary alicyclic amines) is 1. The van der Waals surface area contributed by atoms with E-state index in [1.165, 1.54) is 24.3 Å². The van der Waals surface area contributed by atoms with Gasteiger partial charge in [0.1, 0.15) is 6.04 Å². The van der Waals surface area contributed by atoms with Gasteiger partial charge in [0.15, 0.2) is 0 Å². The first-order valence-corrected chi connectivity index (χ1v) is 14.5. The standard InChI is InChI=1S/C29H43N5O7/c1-19(2)18-41-29(40)32-23-8-6-21(7-9-23)27(37)33-24(28(38)39)16-31-26(36)22-4-3-15-34(17-22)25(35)10-5-20-11-13-30-14-12-20/h6-9,19-20,22,24,30H,3-5,10-18H2,1-2H3,(H,31,36)(H,32,40)(H,33,37)(H,38,39)/t22-,24-/m1/s1. The Bertz CT molecular complexity index is 1060. The van der Waals surface area contributed by atoms with Gasteiger partial charge in [0.25, 0.3) is 5.91 Å². The van der Waals surface area contributed by atoms with Crippen LogP contribution in [0.25, 0.3) is 0 Å². The van der Waals surface area contributed by atoms with Gasteiger partial charge in [-0.3, -0.25) is 19.7 Å². The zero-order valence-corrected chi connectivity index (χ0v) is 23.9. The van der Waals surface area contributed by atoms with Crippen molar-refractivity contribution in [2.75, 3.05) is 44.6 Å². The van der Waals surface area contributed by atoms with E-state index >= 15 is 0 Å². The van der Waals surface area contributed by atoms with Crippen molar-refractivity contribution >= 4 is 35.5 Å². The molecule has 41 heavy (non-hydrogen) atoms. The molecule has 5 N–H and O–H groups in total. The molecular weight excluding hydrogens is 530 g/mol. The third-order valence-electron chi connectivity index (χ3n) is 7.40. The fraction of sp³-hybridized carbons (Fsp3) is 0.621. The van der Waals surface area contributed by atoms with Crippen molar-refractivity contribution in [2.45, 2.75) is 58.4 Å². The molecule has 2 aliphatic heterocycles. The Balaban J connectivity index is 1.45.